The van der Waals surface area contributed by atoms with Gasteiger partial charge >= 0.3 is 5.97 Å². The number of benzene rings is 2. The number of rotatable bonds is 19. The topological polar surface area (TPSA) is 306 Å². The molecule has 4 atom stereocenters. The number of carboxylic acids is 1. The van der Waals surface area contributed by atoms with Crippen LogP contribution < -0.4 is 43.8 Å². The molecule has 0 bridgehead atoms. The number of aromatic nitrogens is 2. The van der Waals surface area contributed by atoms with Crippen LogP contribution in [0, 0.1) is 10.8 Å². The summed E-state index contributed by atoms with van der Waals surface area (Å²) in [6, 6.07) is 10.2. The van der Waals surface area contributed by atoms with Crippen LogP contribution in [0.15, 0.2) is 60.9 Å². The summed E-state index contributed by atoms with van der Waals surface area (Å²) < 4.78 is 0. The number of fused-ring (bicyclic) bond motifs is 2. The number of nitrogens with one attached hydrogen (secondary N) is 9. The lowest BCUT2D eigenvalue weighted by Crippen LogP contribution is -2.58. The van der Waals surface area contributed by atoms with Gasteiger partial charge in [0.2, 0.25) is 17.7 Å². The fourth-order valence-corrected chi connectivity index (χ4v) is 5.75. The number of aromatic amines is 2. The molecule has 4 aromatic rings. The zero-order valence-corrected chi connectivity index (χ0v) is 28.1. The summed E-state index contributed by atoms with van der Waals surface area (Å²) in [6.07, 6.45) is 4.53. The molecule has 0 saturated heterocycles. The number of aliphatic carboxylic acids is 1. The quantitative estimate of drug-likeness (QED) is 0.0347. The maximum Gasteiger partial charge on any atom is 0.326 e. The second-order valence-corrected chi connectivity index (χ2v) is 12.2. The summed E-state index contributed by atoms with van der Waals surface area (Å²) in [7, 11) is 0. The van der Waals surface area contributed by atoms with Gasteiger partial charge in [-0.3, -0.25) is 25.2 Å². The number of guanidine groups is 2. The van der Waals surface area contributed by atoms with E-state index in [0.29, 0.717) is 30.5 Å². The Morgan fingerprint density at radius 2 is 1.12 bits per heavy atom. The molecule has 2 aromatic carbocycles. The molecular formula is C34H46N12O5. The number of carbonyl (C=O) groups is 4. The molecule has 17 heteroatoms. The van der Waals surface area contributed by atoms with E-state index < -0.39 is 47.9 Å². The van der Waals surface area contributed by atoms with Gasteiger partial charge in [-0.05, 0) is 48.9 Å². The van der Waals surface area contributed by atoms with E-state index in [1.165, 1.54) is 0 Å². The minimum Gasteiger partial charge on any atom is -0.480 e. The van der Waals surface area contributed by atoms with E-state index in [9.17, 15) is 24.3 Å². The normalized spacial score (nSPS) is 13.4. The van der Waals surface area contributed by atoms with Crippen molar-refractivity contribution in [2.45, 2.75) is 62.7 Å². The molecule has 16 N–H and O–H groups in total. The monoisotopic (exact) mass is 702 g/mol. The van der Waals surface area contributed by atoms with Crippen molar-refractivity contribution in [1.29, 1.82) is 10.8 Å². The Bertz CT molecular complexity index is 1850. The van der Waals surface area contributed by atoms with Crippen LogP contribution in [0.4, 0.5) is 0 Å². The van der Waals surface area contributed by atoms with E-state index in [-0.39, 0.29) is 44.1 Å². The molecular weight excluding hydrogens is 656 g/mol. The van der Waals surface area contributed by atoms with Gasteiger partial charge in [-0.25, -0.2) is 4.79 Å². The van der Waals surface area contributed by atoms with E-state index in [0.717, 1.165) is 21.8 Å². The zero-order valence-electron chi connectivity index (χ0n) is 28.1. The highest BCUT2D eigenvalue weighted by Crippen LogP contribution is 2.21. The van der Waals surface area contributed by atoms with Gasteiger partial charge in [-0.1, -0.05) is 36.4 Å². The zero-order chi connectivity index (χ0) is 36.9. The van der Waals surface area contributed by atoms with E-state index >= 15 is 0 Å². The number of hydrogen-bond acceptors (Lipinski definition) is 7. The van der Waals surface area contributed by atoms with Crippen molar-refractivity contribution in [3.63, 3.8) is 0 Å². The van der Waals surface area contributed by atoms with Gasteiger partial charge in [-0.15, -0.1) is 0 Å². The molecule has 0 aliphatic carbocycles. The molecule has 4 rings (SSSR count). The molecule has 3 amide bonds. The smallest absolute Gasteiger partial charge is 0.326 e. The molecule has 17 nitrogen and oxygen atoms in total. The number of carbonyl (C=O) groups excluding carboxylic acids is 3. The van der Waals surface area contributed by atoms with E-state index in [1.807, 2.05) is 48.5 Å². The Morgan fingerprint density at radius 1 is 0.667 bits per heavy atom. The van der Waals surface area contributed by atoms with Crippen LogP contribution in [-0.4, -0.2) is 87.9 Å². The molecule has 2 heterocycles. The average molecular weight is 703 g/mol. The summed E-state index contributed by atoms with van der Waals surface area (Å²) in [4.78, 5) is 59.6. The molecule has 0 saturated carbocycles. The maximum absolute atomic E-state index is 13.9. The SMILES string of the molecule is N=C(N)NCCC[C@H](NC(=O)[C@@H](N)CCCNC(=N)N)C(=O)N[C@@H](Cc1c[nH]c2ccccc12)C(=O)N[C@@H](Cc1c[nH]c2ccccc12)C(=O)O. The van der Waals surface area contributed by atoms with Crippen LogP contribution in [0.3, 0.4) is 0 Å². The third kappa shape index (κ3) is 10.9. The first-order valence-corrected chi connectivity index (χ1v) is 16.6. The summed E-state index contributed by atoms with van der Waals surface area (Å²) >= 11 is 0. The second kappa shape index (κ2) is 18.1. The lowest BCUT2D eigenvalue weighted by Gasteiger charge is -2.25. The van der Waals surface area contributed by atoms with Crippen molar-refractivity contribution in [3.05, 3.63) is 72.1 Å². The summed E-state index contributed by atoms with van der Waals surface area (Å²) in [5.41, 5.74) is 19.8. The number of hydrogen-bond donors (Lipinski definition) is 13. The maximum atomic E-state index is 13.9. The first-order chi connectivity index (χ1) is 24.4. The standard InChI is InChI=1S/C34H46N12O5/c35-23(9-5-13-40-33(36)37)29(47)44-26(12-6-14-41-34(38)39)30(48)45-27(15-19-17-42-24-10-3-1-7-21(19)24)31(49)46-28(32(50)51)16-20-18-43-25-11-4-2-8-22(20)25/h1-4,7-8,10-11,17-18,23,26-28,42-43H,5-6,9,12-16,35H2,(H,44,47)(H,45,48)(H,46,49)(H,50,51)(H4,36,37,40)(H4,38,39,41)/t23-,26-,27-,28-/m0/s1. The molecule has 0 unspecified atom stereocenters. The Morgan fingerprint density at radius 3 is 1.65 bits per heavy atom. The van der Waals surface area contributed by atoms with Gasteiger partial charge in [0.25, 0.3) is 0 Å². The van der Waals surface area contributed by atoms with Crippen molar-refractivity contribution < 1.29 is 24.3 Å². The van der Waals surface area contributed by atoms with Crippen molar-refractivity contribution >= 4 is 57.4 Å². The van der Waals surface area contributed by atoms with Gasteiger partial charge in [0.05, 0.1) is 6.04 Å². The Labute approximate surface area is 293 Å². The lowest BCUT2D eigenvalue weighted by atomic mass is 10.0. The van der Waals surface area contributed by atoms with Gasteiger partial charge in [-0.2, -0.15) is 0 Å². The molecule has 272 valence electrons. The Hall–Kier alpha value is -6.10. The van der Waals surface area contributed by atoms with Gasteiger partial charge in [0.15, 0.2) is 11.9 Å². The first kappa shape index (κ1) is 37.7. The summed E-state index contributed by atoms with van der Waals surface area (Å²) in [6.45, 7) is 0.574. The number of para-hydroxylation sites is 2. The summed E-state index contributed by atoms with van der Waals surface area (Å²) in [5, 5.41) is 39.8. The highest BCUT2D eigenvalue weighted by molar-refractivity contribution is 5.95. The van der Waals surface area contributed by atoms with Crippen LogP contribution in [0.1, 0.15) is 36.8 Å². The molecule has 0 fully saturated rings. The first-order valence-electron chi connectivity index (χ1n) is 16.6. The fourth-order valence-electron chi connectivity index (χ4n) is 5.75. The van der Waals surface area contributed by atoms with Crippen LogP contribution in [0.5, 0.6) is 0 Å². The molecule has 51 heavy (non-hydrogen) atoms. The van der Waals surface area contributed by atoms with Crippen LogP contribution >= 0.6 is 0 Å². The van der Waals surface area contributed by atoms with Crippen molar-refractivity contribution in [1.82, 2.24) is 36.6 Å². The highest BCUT2D eigenvalue weighted by atomic mass is 16.4. The molecule has 0 aliphatic rings. The molecule has 0 aliphatic heterocycles. The predicted octanol–water partition coefficient (Wildman–Crippen LogP) is -0.173. The number of amides is 3. The van der Waals surface area contributed by atoms with Crippen molar-refractivity contribution in [2.75, 3.05) is 13.1 Å². The minimum absolute atomic E-state index is 0.0102. The van der Waals surface area contributed by atoms with Crippen LogP contribution in [-0.2, 0) is 32.0 Å². The fraction of sp³-hybridized carbons (Fsp3) is 0.353. The van der Waals surface area contributed by atoms with Crippen molar-refractivity contribution in [2.24, 2.45) is 17.2 Å². The van der Waals surface area contributed by atoms with E-state index in [4.69, 9.17) is 28.0 Å². The van der Waals surface area contributed by atoms with Crippen LogP contribution in [0.25, 0.3) is 21.8 Å². The third-order valence-electron chi connectivity index (χ3n) is 8.41. The Balaban J connectivity index is 1.54. The molecule has 0 spiro atoms. The predicted molar refractivity (Wildman–Crippen MR) is 194 cm³/mol. The number of H-pyrrole nitrogens is 2. The molecule has 0 radical (unpaired) electrons. The summed E-state index contributed by atoms with van der Waals surface area (Å²) in [5.74, 6) is -3.71. The van der Waals surface area contributed by atoms with Crippen LogP contribution in [0.2, 0.25) is 0 Å². The highest BCUT2D eigenvalue weighted by Gasteiger charge is 2.31. The van der Waals surface area contributed by atoms with Crippen molar-refractivity contribution in [3.8, 4) is 0 Å². The lowest BCUT2D eigenvalue weighted by molar-refractivity contribution is -0.142. The third-order valence-corrected chi connectivity index (χ3v) is 8.41. The average Bonchev–Trinajstić information content (AvgIpc) is 3.70. The van der Waals surface area contributed by atoms with Gasteiger partial charge in [0, 0.05) is 60.1 Å². The van der Waals surface area contributed by atoms with E-state index in [2.05, 4.69) is 36.6 Å². The molecule has 2 aromatic heterocycles. The van der Waals surface area contributed by atoms with Gasteiger partial charge < -0.3 is 58.9 Å². The van der Waals surface area contributed by atoms with E-state index in [1.54, 1.807) is 12.4 Å². The largest absolute Gasteiger partial charge is 0.480 e. The number of carboxylic acid groups (broad SMARTS) is 1. The Kier molecular flexibility index (Phi) is 13.3. The minimum atomic E-state index is -1.32. The van der Waals surface area contributed by atoms with Gasteiger partial charge in [0.1, 0.15) is 18.1 Å². The number of nitrogens with two attached hydrogens (primary N) is 3. The second-order valence-electron chi connectivity index (χ2n) is 12.2.